The van der Waals surface area contributed by atoms with Gasteiger partial charge in [0.15, 0.2) is 5.78 Å². The molecule has 1 aromatic carbocycles. The highest BCUT2D eigenvalue weighted by atomic mass is 16.1. The molecule has 0 saturated heterocycles. The lowest BCUT2D eigenvalue weighted by atomic mass is 9.89. The number of nitrogens with zero attached hydrogens (tertiary/aromatic N) is 1. The Hall–Kier alpha value is -1.74. The number of carbonyl (C=O) groups is 1. The molecular formula is C16H18N2O. The van der Waals surface area contributed by atoms with Crippen molar-refractivity contribution in [2.75, 3.05) is 0 Å². The predicted octanol–water partition coefficient (Wildman–Crippen LogP) is 3.08. The second kappa shape index (κ2) is 4.74. The number of nitrogens with two attached hydrogens (primary N) is 1. The van der Waals surface area contributed by atoms with Gasteiger partial charge in [0, 0.05) is 29.1 Å². The summed E-state index contributed by atoms with van der Waals surface area (Å²) in [5, 5.41) is 1.01. The number of hydrogen-bond acceptors (Lipinski definition) is 3. The van der Waals surface area contributed by atoms with Crippen LogP contribution in [0.5, 0.6) is 0 Å². The van der Waals surface area contributed by atoms with Crippen LogP contribution in [0.2, 0.25) is 0 Å². The van der Waals surface area contributed by atoms with Crippen molar-refractivity contribution in [2.45, 2.75) is 37.6 Å². The number of ketones is 1. The molecule has 19 heavy (non-hydrogen) atoms. The monoisotopic (exact) mass is 254 g/mol. The molecular weight excluding hydrogens is 236 g/mol. The maximum Gasteiger partial charge on any atom is 0.166 e. The first kappa shape index (κ1) is 12.3. The first-order valence-corrected chi connectivity index (χ1v) is 6.84. The molecule has 3 nitrogen and oxygen atoms in total. The van der Waals surface area contributed by atoms with Crippen molar-refractivity contribution in [3.8, 4) is 0 Å². The van der Waals surface area contributed by atoms with E-state index >= 15 is 0 Å². The summed E-state index contributed by atoms with van der Waals surface area (Å²) in [5.74, 6) is 0.119. The van der Waals surface area contributed by atoms with Gasteiger partial charge in [-0.15, -0.1) is 0 Å². The largest absolute Gasteiger partial charge is 0.325 e. The molecule has 3 rings (SSSR count). The lowest BCUT2D eigenvalue weighted by Gasteiger charge is -2.22. The normalized spacial score (nSPS) is 17.7. The highest BCUT2D eigenvalue weighted by Crippen LogP contribution is 2.31. The zero-order valence-electron chi connectivity index (χ0n) is 10.9. The fourth-order valence-electron chi connectivity index (χ4n) is 3.00. The van der Waals surface area contributed by atoms with Gasteiger partial charge in [-0.1, -0.05) is 31.0 Å². The van der Waals surface area contributed by atoms with Crippen LogP contribution in [-0.4, -0.2) is 16.3 Å². The van der Waals surface area contributed by atoms with Crippen LogP contribution in [0.4, 0.5) is 0 Å². The van der Waals surface area contributed by atoms with Crippen molar-refractivity contribution in [2.24, 2.45) is 5.73 Å². The minimum absolute atomic E-state index is 0.119. The number of benzene rings is 1. The minimum atomic E-state index is -0.298. The lowest BCUT2D eigenvalue weighted by Crippen LogP contribution is -2.38. The molecule has 98 valence electrons. The van der Waals surface area contributed by atoms with Gasteiger partial charge in [0.05, 0.1) is 5.52 Å². The molecule has 0 unspecified atom stereocenters. The molecule has 0 spiro atoms. The number of aromatic nitrogens is 1. The molecule has 0 atom stereocenters. The second-order valence-electron chi connectivity index (χ2n) is 5.55. The van der Waals surface area contributed by atoms with Crippen LogP contribution < -0.4 is 5.73 Å². The Morgan fingerprint density at radius 3 is 2.74 bits per heavy atom. The molecule has 0 amide bonds. The molecule has 0 radical (unpaired) electrons. The number of para-hydroxylation sites is 1. The van der Waals surface area contributed by atoms with E-state index in [1.54, 1.807) is 6.20 Å². The van der Waals surface area contributed by atoms with Gasteiger partial charge in [-0.25, -0.2) is 0 Å². The van der Waals surface area contributed by atoms with E-state index < -0.39 is 0 Å². The van der Waals surface area contributed by atoms with Crippen LogP contribution >= 0.6 is 0 Å². The third-order valence-corrected chi connectivity index (χ3v) is 4.05. The molecule has 0 bridgehead atoms. The zero-order valence-corrected chi connectivity index (χ0v) is 10.9. The fourth-order valence-corrected chi connectivity index (χ4v) is 3.00. The van der Waals surface area contributed by atoms with Crippen LogP contribution in [0.1, 0.15) is 42.5 Å². The SMILES string of the molecule is NC1(CC(=O)c2cccc3cccnc23)CCCC1. The Morgan fingerprint density at radius 2 is 1.95 bits per heavy atom. The van der Waals surface area contributed by atoms with Gasteiger partial charge < -0.3 is 5.73 Å². The van der Waals surface area contributed by atoms with Gasteiger partial charge in [0.25, 0.3) is 0 Å². The van der Waals surface area contributed by atoms with Crippen molar-refractivity contribution >= 4 is 16.7 Å². The number of pyridine rings is 1. The third kappa shape index (κ3) is 2.38. The van der Waals surface area contributed by atoms with Crippen molar-refractivity contribution in [3.05, 3.63) is 42.1 Å². The van der Waals surface area contributed by atoms with Gasteiger partial charge in [-0.05, 0) is 25.0 Å². The van der Waals surface area contributed by atoms with Gasteiger partial charge in [0.2, 0.25) is 0 Å². The highest BCUT2D eigenvalue weighted by Gasteiger charge is 2.32. The first-order valence-electron chi connectivity index (χ1n) is 6.84. The molecule has 2 N–H and O–H groups in total. The molecule has 1 aromatic heterocycles. The van der Waals surface area contributed by atoms with Crippen LogP contribution in [0.3, 0.4) is 0 Å². The molecule has 1 heterocycles. The van der Waals surface area contributed by atoms with Crippen LogP contribution in [0.25, 0.3) is 10.9 Å². The lowest BCUT2D eigenvalue weighted by molar-refractivity contribution is 0.0954. The number of hydrogen-bond donors (Lipinski definition) is 1. The molecule has 1 aliphatic rings. The van der Waals surface area contributed by atoms with E-state index in [1.807, 2.05) is 30.3 Å². The Labute approximate surface area is 112 Å². The maximum absolute atomic E-state index is 12.5. The Kier molecular flexibility index (Phi) is 3.07. The van der Waals surface area contributed by atoms with Gasteiger partial charge in [-0.2, -0.15) is 0 Å². The van der Waals surface area contributed by atoms with Crippen molar-refractivity contribution in [3.63, 3.8) is 0 Å². The molecule has 1 fully saturated rings. The maximum atomic E-state index is 12.5. The Morgan fingerprint density at radius 1 is 1.21 bits per heavy atom. The number of rotatable bonds is 3. The molecule has 1 saturated carbocycles. The van der Waals surface area contributed by atoms with Crippen LogP contribution in [0.15, 0.2) is 36.5 Å². The summed E-state index contributed by atoms with van der Waals surface area (Å²) in [5.41, 5.74) is 7.49. The van der Waals surface area contributed by atoms with Crippen LogP contribution in [-0.2, 0) is 0 Å². The topological polar surface area (TPSA) is 56.0 Å². The summed E-state index contributed by atoms with van der Waals surface area (Å²) in [6.07, 6.45) is 6.35. The Bertz CT molecular complexity index is 610. The number of Topliss-reactive ketones (excluding diaryl/α,β-unsaturated/α-hetero) is 1. The van der Waals surface area contributed by atoms with E-state index in [4.69, 9.17) is 5.73 Å². The summed E-state index contributed by atoms with van der Waals surface area (Å²) in [6, 6.07) is 9.61. The smallest absolute Gasteiger partial charge is 0.166 e. The number of fused-ring (bicyclic) bond motifs is 1. The quantitative estimate of drug-likeness (QED) is 0.856. The first-order chi connectivity index (χ1) is 9.18. The number of carbonyl (C=O) groups excluding carboxylic acids is 1. The van der Waals surface area contributed by atoms with Gasteiger partial charge in [-0.3, -0.25) is 9.78 Å². The van der Waals surface area contributed by atoms with Crippen molar-refractivity contribution < 1.29 is 4.79 Å². The molecule has 0 aliphatic heterocycles. The minimum Gasteiger partial charge on any atom is -0.325 e. The average molecular weight is 254 g/mol. The molecule has 2 aromatic rings. The fraction of sp³-hybridized carbons (Fsp3) is 0.375. The van der Waals surface area contributed by atoms with E-state index in [0.717, 1.165) is 36.6 Å². The van der Waals surface area contributed by atoms with Crippen molar-refractivity contribution in [1.29, 1.82) is 0 Å². The second-order valence-corrected chi connectivity index (χ2v) is 5.55. The molecule has 3 heteroatoms. The predicted molar refractivity (Wildman–Crippen MR) is 76.1 cm³/mol. The van der Waals surface area contributed by atoms with Crippen molar-refractivity contribution in [1.82, 2.24) is 4.98 Å². The summed E-state index contributed by atoms with van der Waals surface area (Å²) in [4.78, 5) is 16.8. The summed E-state index contributed by atoms with van der Waals surface area (Å²) < 4.78 is 0. The Balaban J connectivity index is 1.93. The third-order valence-electron chi connectivity index (χ3n) is 4.05. The van der Waals surface area contributed by atoms with E-state index in [0.29, 0.717) is 12.0 Å². The average Bonchev–Trinajstić information content (AvgIpc) is 2.84. The van der Waals surface area contributed by atoms with E-state index in [-0.39, 0.29) is 11.3 Å². The summed E-state index contributed by atoms with van der Waals surface area (Å²) in [7, 11) is 0. The molecule has 1 aliphatic carbocycles. The summed E-state index contributed by atoms with van der Waals surface area (Å²) >= 11 is 0. The van der Waals surface area contributed by atoms with Gasteiger partial charge in [0.1, 0.15) is 0 Å². The van der Waals surface area contributed by atoms with E-state index in [2.05, 4.69) is 4.98 Å². The van der Waals surface area contributed by atoms with E-state index in [1.165, 1.54) is 0 Å². The summed E-state index contributed by atoms with van der Waals surface area (Å²) in [6.45, 7) is 0. The highest BCUT2D eigenvalue weighted by molar-refractivity contribution is 6.07. The van der Waals surface area contributed by atoms with Gasteiger partial charge >= 0.3 is 0 Å². The van der Waals surface area contributed by atoms with Crippen LogP contribution in [0, 0.1) is 0 Å². The van der Waals surface area contributed by atoms with E-state index in [9.17, 15) is 4.79 Å². The standard InChI is InChI=1S/C16H18N2O/c17-16(8-1-2-9-16)11-14(19)13-7-3-5-12-6-4-10-18-15(12)13/h3-7,10H,1-2,8-9,11,17H2. The zero-order chi connectivity index (χ0) is 13.3.